The second-order valence-electron chi connectivity index (χ2n) is 2.66. The quantitative estimate of drug-likeness (QED) is 0.673. The molecule has 64 valence electrons. The van der Waals surface area contributed by atoms with Crippen LogP contribution in [0, 0.1) is 11.3 Å². The number of aromatic nitrogens is 2. The van der Waals surface area contributed by atoms with E-state index in [-0.39, 0.29) is 6.61 Å². The maximum Gasteiger partial charge on any atom is 0.133 e. The van der Waals surface area contributed by atoms with Crippen LogP contribution in [-0.4, -0.2) is 15.1 Å². The molecule has 4 nitrogen and oxygen atoms in total. The molecule has 1 aromatic carbocycles. The Morgan fingerprint density at radius 1 is 1.54 bits per heavy atom. The van der Waals surface area contributed by atoms with Crippen LogP contribution < -0.4 is 0 Å². The number of hydrogen-bond donors (Lipinski definition) is 2. The van der Waals surface area contributed by atoms with Crippen molar-refractivity contribution in [3.8, 4) is 6.07 Å². The van der Waals surface area contributed by atoms with Gasteiger partial charge in [0.05, 0.1) is 11.1 Å². The normalized spacial score (nSPS) is 10.2. The Morgan fingerprint density at radius 2 is 2.38 bits per heavy atom. The van der Waals surface area contributed by atoms with Crippen molar-refractivity contribution in [1.82, 2.24) is 9.97 Å². The van der Waals surface area contributed by atoms with Crippen LogP contribution >= 0.6 is 0 Å². The molecule has 0 saturated carbocycles. The zero-order valence-corrected chi connectivity index (χ0v) is 6.78. The molecule has 0 aliphatic heterocycles. The van der Waals surface area contributed by atoms with Gasteiger partial charge in [-0.25, -0.2) is 4.98 Å². The Hall–Kier alpha value is -1.86. The van der Waals surface area contributed by atoms with E-state index in [1.165, 1.54) is 0 Å². The van der Waals surface area contributed by atoms with E-state index in [0.717, 1.165) is 5.52 Å². The molecule has 0 bridgehead atoms. The van der Waals surface area contributed by atoms with Crippen LogP contribution in [0.1, 0.15) is 11.4 Å². The van der Waals surface area contributed by atoms with Gasteiger partial charge in [0.1, 0.15) is 24.0 Å². The number of hydrogen-bond acceptors (Lipinski definition) is 3. The van der Waals surface area contributed by atoms with Crippen LogP contribution in [0.15, 0.2) is 18.2 Å². The molecule has 4 heteroatoms. The maximum atomic E-state index is 8.83. The molecule has 1 heterocycles. The first-order valence-corrected chi connectivity index (χ1v) is 3.83. The van der Waals surface area contributed by atoms with Gasteiger partial charge in [-0.05, 0) is 12.1 Å². The first kappa shape index (κ1) is 7.77. The number of para-hydroxylation sites is 1. The Kier molecular flexibility index (Phi) is 1.72. The van der Waals surface area contributed by atoms with Crippen LogP contribution in [-0.2, 0) is 6.61 Å². The Labute approximate surface area is 74.5 Å². The predicted molar refractivity (Wildman–Crippen MR) is 46.7 cm³/mol. The largest absolute Gasteiger partial charge is 0.388 e. The number of nitrogens with zero attached hydrogens (tertiary/aromatic N) is 2. The Balaban J connectivity index is 2.76. The molecule has 13 heavy (non-hydrogen) atoms. The van der Waals surface area contributed by atoms with Crippen LogP contribution in [0.5, 0.6) is 0 Å². The molecule has 0 aliphatic carbocycles. The van der Waals surface area contributed by atoms with Crippen molar-refractivity contribution in [3.63, 3.8) is 0 Å². The molecular formula is C9H7N3O. The van der Waals surface area contributed by atoms with Gasteiger partial charge in [-0.2, -0.15) is 5.26 Å². The molecule has 0 atom stereocenters. The van der Waals surface area contributed by atoms with Crippen molar-refractivity contribution < 1.29 is 5.11 Å². The molecule has 1 aromatic heterocycles. The second kappa shape index (κ2) is 2.88. The average Bonchev–Trinajstić information content (AvgIpc) is 2.59. The van der Waals surface area contributed by atoms with E-state index in [0.29, 0.717) is 16.9 Å². The second-order valence-corrected chi connectivity index (χ2v) is 2.66. The minimum atomic E-state index is -0.139. The van der Waals surface area contributed by atoms with Crippen LogP contribution in [0.3, 0.4) is 0 Å². The third-order valence-electron chi connectivity index (χ3n) is 1.83. The van der Waals surface area contributed by atoms with E-state index in [2.05, 4.69) is 9.97 Å². The van der Waals surface area contributed by atoms with E-state index in [4.69, 9.17) is 10.4 Å². The van der Waals surface area contributed by atoms with Crippen molar-refractivity contribution in [2.45, 2.75) is 6.61 Å². The van der Waals surface area contributed by atoms with Gasteiger partial charge in [-0.15, -0.1) is 0 Å². The maximum absolute atomic E-state index is 8.83. The number of aliphatic hydroxyl groups is 1. The van der Waals surface area contributed by atoms with E-state index in [9.17, 15) is 0 Å². The minimum Gasteiger partial charge on any atom is -0.388 e. The van der Waals surface area contributed by atoms with E-state index in [1.54, 1.807) is 12.1 Å². The smallest absolute Gasteiger partial charge is 0.133 e. The highest BCUT2D eigenvalue weighted by atomic mass is 16.3. The SMILES string of the molecule is N#Cc1cccc2[nH]c(CO)nc12. The summed E-state index contributed by atoms with van der Waals surface area (Å²) >= 11 is 0. The van der Waals surface area contributed by atoms with Gasteiger partial charge < -0.3 is 10.1 Å². The third-order valence-corrected chi connectivity index (χ3v) is 1.83. The summed E-state index contributed by atoms with van der Waals surface area (Å²) in [5, 5.41) is 17.6. The summed E-state index contributed by atoms with van der Waals surface area (Å²) in [4.78, 5) is 6.98. The van der Waals surface area contributed by atoms with Crippen molar-refractivity contribution in [3.05, 3.63) is 29.6 Å². The number of imidazole rings is 1. The topological polar surface area (TPSA) is 72.7 Å². The highest BCUT2D eigenvalue weighted by molar-refractivity contribution is 5.81. The molecule has 0 spiro atoms. The minimum absolute atomic E-state index is 0.139. The molecule has 2 N–H and O–H groups in total. The number of nitrogens with one attached hydrogen (secondary N) is 1. The van der Waals surface area contributed by atoms with Crippen LogP contribution in [0.2, 0.25) is 0 Å². The first-order chi connectivity index (χ1) is 6.35. The molecule has 0 saturated heterocycles. The molecular weight excluding hydrogens is 166 g/mol. The van der Waals surface area contributed by atoms with E-state index >= 15 is 0 Å². The zero-order chi connectivity index (χ0) is 9.26. The number of fused-ring (bicyclic) bond motifs is 1. The molecule has 0 aliphatic rings. The van der Waals surface area contributed by atoms with Crippen molar-refractivity contribution in [1.29, 1.82) is 5.26 Å². The van der Waals surface area contributed by atoms with Gasteiger partial charge in [-0.3, -0.25) is 0 Å². The zero-order valence-electron chi connectivity index (χ0n) is 6.78. The highest BCUT2D eigenvalue weighted by Crippen LogP contribution is 2.15. The standard InChI is InChI=1S/C9H7N3O/c10-4-6-2-1-3-7-9(6)12-8(5-13)11-7/h1-3,13H,5H2,(H,11,12). The fourth-order valence-electron chi connectivity index (χ4n) is 1.25. The molecule has 0 unspecified atom stereocenters. The first-order valence-electron chi connectivity index (χ1n) is 3.83. The van der Waals surface area contributed by atoms with E-state index in [1.807, 2.05) is 12.1 Å². The number of aromatic amines is 1. The molecule has 2 aromatic rings. The molecule has 0 radical (unpaired) electrons. The lowest BCUT2D eigenvalue weighted by Crippen LogP contribution is -1.83. The highest BCUT2D eigenvalue weighted by Gasteiger charge is 2.04. The third kappa shape index (κ3) is 1.15. The van der Waals surface area contributed by atoms with Crippen LogP contribution in [0.4, 0.5) is 0 Å². The number of aliphatic hydroxyl groups excluding tert-OH is 1. The fourth-order valence-corrected chi connectivity index (χ4v) is 1.25. The monoisotopic (exact) mass is 173 g/mol. The van der Waals surface area contributed by atoms with Crippen molar-refractivity contribution in [2.24, 2.45) is 0 Å². The van der Waals surface area contributed by atoms with Crippen molar-refractivity contribution in [2.75, 3.05) is 0 Å². The van der Waals surface area contributed by atoms with Crippen molar-refractivity contribution >= 4 is 11.0 Å². The van der Waals surface area contributed by atoms with Gasteiger partial charge in [-0.1, -0.05) is 6.07 Å². The fraction of sp³-hybridized carbons (Fsp3) is 0.111. The Morgan fingerprint density at radius 3 is 3.08 bits per heavy atom. The van der Waals surface area contributed by atoms with Gasteiger partial charge in [0, 0.05) is 0 Å². The van der Waals surface area contributed by atoms with Crippen LogP contribution in [0.25, 0.3) is 11.0 Å². The predicted octanol–water partition coefficient (Wildman–Crippen LogP) is 0.927. The lowest BCUT2D eigenvalue weighted by atomic mass is 10.2. The summed E-state index contributed by atoms with van der Waals surface area (Å²) in [5.41, 5.74) is 1.92. The van der Waals surface area contributed by atoms with E-state index < -0.39 is 0 Å². The molecule has 0 amide bonds. The summed E-state index contributed by atoms with van der Waals surface area (Å²) < 4.78 is 0. The number of rotatable bonds is 1. The van der Waals surface area contributed by atoms with Gasteiger partial charge in [0.25, 0.3) is 0 Å². The lowest BCUT2D eigenvalue weighted by molar-refractivity contribution is 0.273. The number of H-pyrrole nitrogens is 1. The summed E-state index contributed by atoms with van der Waals surface area (Å²) in [7, 11) is 0. The van der Waals surface area contributed by atoms with Gasteiger partial charge in [0.15, 0.2) is 0 Å². The lowest BCUT2D eigenvalue weighted by Gasteiger charge is -1.88. The Bertz CT molecular complexity index is 481. The molecule has 2 rings (SSSR count). The summed E-state index contributed by atoms with van der Waals surface area (Å²) in [6, 6.07) is 7.34. The average molecular weight is 173 g/mol. The summed E-state index contributed by atoms with van der Waals surface area (Å²) in [5.74, 6) is 0.484. The summed E-state index contributed by atoms with van der Waals surface area (Å²) in [6.45, 7) is -0.139. The summed E-state index contributed by atoms with van der Waals surface area (Å²) in [6.07, 6.45) is 0. The van der Waals surface area contributed by atoms with Gasteiger partial charge in [0.2, 0.25) is 0 Å². The number of nitriles is 1. The number of benzene rings is 1. The van der Waals surface area contributed by atoms with Gasteiger partial charge >= 0.3 is 0 Å². The molecule has 0 fully saturated rings.